The summed E-state index contributed by atoms with van der Waals surface area (Å²) in [6.07, 6.45) is 5.59. The van der Waals surface area contributed by atoms with Crippen molar-refractivity contribution in [1.29, 1.82) is 0 Å². The second-order valence-corrected chi connectivity index (χ2v) is 5.75. The fourth-order valence-electron chi connectivity index (χ4n) is 2.33. The van der Waals surface area contributed by atoms with E-state index in [1.54, 1.807) is 35.1 Å². The van der Waals surface area contributed by atoms with Crippen molar-refractivity contribution in [3.63, 3.8) is 0 Å². The van der Waals surface area contributed by atoms with Crippen molar-refractivity contribution in [2.75, 3.05) is 11.9 Å². The molecule has 2 N–H and O–H groups in total. The normalized spacial score (nSPS) is 10.6. The van der Waals surface area contributed by atoms with Gasteiger partial charge in [-0.25, -0.2) is 9.50 Å². The molecule has 0 bridgehead atoms. The van der Waals surface area contributed by atoms with Gasteiger partial charge in [0.2, 0.25) is 0 Å². The van der Waals surface area contributed by atoms with Crippen molar-refractivity contribution in [1.82, 2.24) is 19.9 Å². The summed E-state index contributed by atoms with van der Waals surface area (Å²) in [4.78, 5) is 28.6. The third kappa shape index (κ3) is 3.61. The Labute approximate surface area is 149 Å². The number of halogens is 1. The molecular formula is C17H16ClN5O2. The zero-order valence-electron chi connectivity index (χ0n) is 13.5. The van der Waals surface area contributed by atoms with Gasteiger partial charge < -0.3 is 10.6 Å². The number of benzene rings is 1. The van der Waals surface area contributed by atoms with Crippen LogP contribution in [0.25, 0.3) is 5.52 Å². The fourth-order valence-corrected chi connectivity index (χ4v) is 2.60. The first-order valence-electron chi connectivity index (χ1n) is 7.77. The van der Waals surface area contributed by atoms with Crippen LogP contribution in [0.5, 0.6) is 0 Å². The molecule has 0 fully saturated rings. The highest BCUT2D eigenvalue weighted by Gasteiger charge is 2.15. The van der Waals surface area contributed by atoms with E-state index in [0.717, 1.165) is 6.42 Å². The van der Waals surface area contributed by atoms with Crippen molar-refractivity contribution in [2.45, 2.75) is 13.3 Å². The van der Waals surface area contributed by atoms with Gasteiger partial charge in [0.15, 0.2) is 5.69 Å². The summed E-state index contributed by atoms with van der Waals surface area (Å²) in [5.41, 5.74) is 1.69. The predicted molar refractivity (Wildman–Crippen MR) is 95.0 cm³/mol. The molecule has 0 unspecified atom stereocenters. The van der Waals surface area contributed by atoms with Crippen molar-refractivity contribution in [2.24, 2.45) is 0 Å². The molecular weight excluding hydrogens is 342 g/mol. The van der Waals surface area contributed by atoms with Gasteiger partial charge in [0.25, 0.3) is 11.8 Å². The maximum atomic E-state index is 12.5. The molecule has 0 spiro atoms. The maximum Gasteiger partial charge on any atom is 0.276 e. The summed E-state index contributed by atoms with van der Waals surface area (Å²) in [5.74, 6) is -0.624. The Kier molecular flexibility index (Phi) is 4.95. The van der Waals surface area contributed by atoms with Gasteiger partial charge in [-0.05, 0) is 30.7 Å². The predicted octanol–water partition coefficient (Wildman–Crippen LogP) is 2.77. The minimum atomic E-state index is -0.384. The van der Waals surface area contributed by atoms with Crippen molar-refractivity contribution >= 4 is 34.6 Å². The van der Waals surface area contributed by atoms with Gasteiger partial charge in [0.05, 0.1) is 22.3 Å². The smallest absolute Gasteiger partial charge is 0.276 e. The Morgan fingerprint density at radius 2 is 2.04 bits per heavy atom. The molecule has 2 amide bonds. The van der Waals surface area contributed by atoms with Gasteiger partial charge in [-0.15, -0.1) is 0 Å². The molecule has 25 heavy (non-hydrogen) atoms. The van der Waals surface area contributed by atoms with Crippen LogP contribution in [0.2, 0.25) is 5.02 Å². The van der Waals surface area contributed by atoms with E-state index in [2.05, 4.69) is 20.7 Å². The van der Waals surface area contributed by atoms with E-state index in [9.17, 15) is 9.59 Å². The van der Waals surface area contributed by atoms with Crippen LogP contribution < -0.4 is 10.6 Å². The first-order chi connectivity index (χ1) is 12.1. The molecule has 128 valence electrons. The lowest BCUT2D eigenvalue weighted by atomic mass is 10.2. The third-order valence-corrected chi connectivity index (χ3v) is 3.86. The third-order valence-electron chi connectivity index (χ3n) is 3.55. The van der Waals surface area contributed by atoms with Crippen LogP contribution in [0.1, 0.15) is 34.2 Å². The topological polar surface area (TPSA) is 88.4 Å². The Morgan fingerprint density at radius 3 is 2.80 bits per heavy atom. The van der Waals surface area contributed by atoms with E-state index < -0.39 is 0 Å². The molecule has 2 heterocycles. The quantitative estimate of drug-likeness (QED) is 0.734. The number of nitrogens with zero attached hydrogens (tertiary/aromatic N) is 3. The Hall–Kier alpha value is -2.93. The highest BCUT2D eigenvalue weighted by atomic mass is 35.5. The summed E-state index contributed by atoms with van der Waals surface area (Å²) in [7, 11) is 0. The molecule has 0 aliphatic carbocycles. The van der Waals surface area contributed by atoms with Gasteiger partial charge in [0.1, 0.15) is 0 Å². The van der Waals surface area contributed by atoms with E-state index in [1.807, 2.05) is 6.92 Å². The van der Waals surface area contributed by atoms with Crippen molar-refractivity contribution in [3.05, 3.63) is 59.1 Å². The second kappa shape index (κ2) is 7.31. The van der Waals surface area contributed by atoms with Gasteiger partial charge in [0, 0.05) is 24.6 Å². The minimum Gasteiger partial charge on any atom is -0.352 e. The van der Waals surface area contributed by atoms with E-state index in [-0.39, 0.29) is 22.5 Å². The van der Waals surface area contributed by atoms with Gasteiger partial charge in [-0.2, -0.15) is 5.10 Å². The lowest BCUT2D eigenvalue weighted by Crippen LogP contribution is -2.24. The number of carbonyl (C=O) groups is 2. The van der Waals surface area contributed by atoms with E-state index in [4.69, 9.17) is 11.6 Å². The molecule has 3 aromatic rings. The molecule has 0 saturated heterocycles. The number of aromatic nitrogens is 3. The Bertz CT molecular complexity index is 938. The highest BCUT2D eigenvalue weighted by Crippen LogP contribution is 2.22. The largest absolute Gasteiger partial charge is 0.352 e. The lowest BCUT2D eigenvalue weighted by molar-refractivity contribution is 0.0953. The molecule has 0 aliphatic rings. The number of nitrogens with one attached hydrogen (secondary N) is 2. The molecule has 8 heteroatoms. The van der Waals surface area contributed by atoms with E-state index in [1.165, 1.54) is 12.3 Å². The second-order valence-electron chi connectivity index (χ2n) is 5.34. The average Bonchev–Trinajstić information content (AvgIpc) is 3.08. The van der Waals surface area contributed by atoms with Crippen LogP contribution in [0.4, 0.5) is 5.69 Å². The monoisotopic (exact) mass is 357 g/mol. The summed E-state index contributed by atoms with van der Waals surface area (Å²) in [6, 6.07) is 6.45. The van der Waals surface area contributed by atoms with Crippen LogP contribution in [0.15, 0.2) is 42.9 Å². The van der Waals surface area contributed by atoms with Crippen molar-refractivity contribution < 1.29 is 9.59 Å². The van der Waals surface area contributed by atoms with Crippen LogP contribution in [0.3, 0.4) is 0 Å². The maximum absolute atomic E-state index is 12.5. The number of carbonyl (C=O) groups excluding carboxylic acids is 2. The molecule has 2 aromatic heterocycles. The molecule has 3 rings (SSSR count). The van der Waals surface area contributed by atoms with Gasteiger partial charge >= 0.3 is 0 Å². The molecule has 0 saturated carbocycles. The molecule has 0 aliphatic heterocycles. The van der Waals surface area contributed by atoms with Crippen LogP contribution in [-0.4, -0.2) is 33.0 Å². The number of hydrogen-bond donors (Lipinski definition) is 2. The first-order valence-corrected chi connectivity index (χ1v) is 8.15. The summed E-state index contributed by atoms with van der Waals surface area (Å²) >= 11 is 6.17. The van der Waals surface area contributed by atoms with Gasteiger partial charge in [-0.1, -0.05) is 18.5 Å². The number of anilines is 1. The summed E-state index contributed by atoms with van der Waals surface area (Å²) in [5, 5.41) is 9.83. The van der Waals surface area contributed by atoms with E-state index in [0.29, 0.717) is 23.3 Å². The molecule has 0 atom stereocenters. The number of fused-ring (bicyclic) bond motifs is 1. The first kappa shape index (κ1) is 16.9. The van der Waals surface area contributed by atoms with Crippen LogP contribution in [-0.2, 0) is 0 Å². The summed E-state index contributed by atoms with van der Waals surface area (Å²) in [6.45, 7) is 2.55. The highest BCUT2D eigenvalue weighted by molar-refractivity contribution is 6.34. The Morgan fingerprint density at radius 1 is 1.20 bits per heavy atom. The minimum absolute atomic E-state index is 0.240. The molecule has 1 aromatic carbocycles. The van der Waals surface area contributed by atoms with Crippen LogP contribution in [0, 0.1) is 0 Å². The average molecular weight is 358 g/mol. The molecule has 0 radical (unpaired) electrons. The van der Waals surface area contributed by atoms with E-state index >= 15 is 0 Å². The zero-order chi connectivity index (χ0) is 17.8. The number of hydrogen-bond acceptors (Lipinski definition) is 4. The standard InChI is InChI=1S/C17H16ClN5O2/c1-2-6-20-16(24)12-4-3-11(10-13(12)18)22-17(25)15-14-5-7-21-23(14)9-8-19-15/h3-5,7-10H,2,6H2,1H3,(H,20,24)(H,22,25). The van der Waals surface area contributed by atoms with Crippen LogP contribution >= 0.6 is 11.6 Å². The number of rotatable bonds is 5. The number of amides is 2. The fraction of sp³-hybridized carbons (Fsp3) is 0.176. The molecule has 7 nitrogen and oxygen atoms in total. The zero-order valence-corrected chi connectivity index (χ0v) is 14.2. The van der Waals surface area contributed by atoms with Crippen molar-refractivity contribution in [3.8, 4) is 0 Å². The SMILES string of the molecule is CCCNC(=O)c1ccc(NC(=O)c2nccn3nccc23)cc1Cl. The summed E-state index contributed by atoms with van der Waals surface area (Å²) < 4.78 is 1.57. The Balaban J connectivity index is 1.79. The lowest BCUT2D eigenvalue weighted by Gasteiger charge is -2.09. The van der Waals surface area contributed by atoms with Gasteiger partial charge in [-0.3, -0.25) is 9.59 Å².